The molecule has 5 heteroatoms. The summed E-state index contributed by atoms with van der Waals surface area (Å²) in [6, 6.07) is 6.25. The molecule has 0 saturated carbocycles. The third-order valence-electron chi connectivity index (χ3n) is 2.97. The zero-order valence-electron chi connectivity index (χ0n) is 11.3. The first-order chi connectivity index (χ1) is 8.99. The van der Waals surface area contributed by atoms with Crippen LogP contribution in [0.3, 0.4) is 0 Å². The van der Waals surface area contributed by atoms with E-state index in [-0.39, 0.29) is 5.84 Å². The van der Waals surface area contributed by atoms with Gasteiger partial charge in [0, 0.05) is 12.7 Å². The number of nitrogen functional groups attached to an aromatic ring is 1. The Bertz CT molecular complexity index is 604. The zero-order chi connectivity index (χ0) is 14.0. The fourth-order valence-corrected chi connectivity index (χ4v) is 1.94. The minimum atomic E-state index is -0.0757. The fourth-order valence-electron chi connectivity index (χ4n) is 1.94. The molecule has 98 valence electrons. The molecule has 0 bridgehead atoms. The van der Waals surface area contributed by atoms with E-state index >= 15 is 0 Å². The van der Waals surface area contributed by atoms with E-state index < -0.39 is 0 Å². The third kappa shape index (κ3) is 2.70. The quantitative estimate of drug-likeness (QED) is 0.650. The number of nitrogens with two attached hydrogens (primary N) is 1. The molecule has 19 heavy (non-hydrogen) atoms. The van der Waals surface area contributed by atoms with Crippen LogP contribution in [0, 0.1) is 19.3 Å². The topological polar surface area (TPSA) is 78.9 Å². The van der Waals surface area contributed by atoms with Crippen LogP contribution in [-0.4, -0.2) is 22.9 Å². The van der Waals surface area contributed by atoms with Gasteiger partial charge in [-0.15, -0.1) is 0 Å². The van der Waals surface area contributed by atoms with E-state index in [4.69, 9.17) is 11.1 Å². The molecule has 0 unspecified atom stereocenters. The van der Waals surface area contributed by atoms with E-state index in [1.807, 2.05) is 11.9 Å². The maximum Gasteiger partial charge on any atom is 0.151 e. The van der Waals surface area contributed by atoms with Crippen molar-refractivity contribution in [2.75, 3.05) is 11.9 Å². The van der Waals surface area contributed by atoms with Crippen molar-refractivity contribution in [3.8, 4) is 0 Å². The minimum Gasteiger partial charge on any atom is -0.382 e. The van der Waals surface area contributed by atoms with E-state index in [1.165, 1.54) is 17.3 Å². The highest BCUT2D eigenvalue weighted by atomic mass is 15.2. The van der Waals surface area contributed by atoms with Gasteiger partial charge in [0.25, 0.3) is 0 Å². The Morgan fingerprint density at radius 1 is 1.21 bits per heavy atom. The lowest BCUT2D eigenvalue weighted by atomic mass is 10.1. The zero-order valence-corrected chi connectivity index (χ0v) is 11.3. The Labute approximate surface area is 112 Å². The van der Waals surface area contributed by atoms with Gasteiger partial charge < -0.3 is 10.6 Å². The molecule has 0 aliphatic heterocycles. The Morgan fingerprint density at radius 2 is 1.95 bits per heavy atom. The summed E-state index contributed by atoms with van der Waals surface area (Å²) in [4.78, 5) is 10.4. The predicted octanol–water partition coefficient (Wildman–Crippen LogP) is 2.15. The molecular formula is C14H17N5. The van der Waals surface area contributed by atoms with Gasteiger partial charge in [0.05, 0.1) is 12.4 Å². The SMILES string of the molecule is Cc1ccc(N(C)c2cnc(C(=N)N)cn2)c(C)c1. The normalized spacial score (nSPS) is 10.3. The molecule has 0 aliphatic rings. The van der Waals surface area contributed by atoms with Crippen molar-refractivity contribution in [2.24, 2.45) is 5.73 Å². The van der Waals surface area contributed by atoms with Crippen LogP contribution in [0.2, 0.25) is 0 Å². The van der Waals surface area contributed by atoms with Crippen LogP contribution in [0.4, 0.5) is 11.5 Å². The second-order valence-corrected chi connectivity index (χ2v) is 4.52. The van der Waals surface area contributed by atoms with Gasteiger partial charge in [-0.05, 0) is 25.5 Å². The third-order valence-corrected chi connectivity index (χ3v) is 2.97. The van der Waals surface area contributed by atoms with Crippen molar-refractivity contribution < 1.29 is 0 Å². The van der Waals surface area contributed by atoms with E-state index in [1.54, 1.807) is 6.20 Å². The van der Waals surface area contributed by atoms with Gasteiger partial charge in [-0.1, -0.05) is 17.7 Å². The Morgan fingerprint density at radius 3 is 2.47 bits per heavy atom. The number of anilines is 2. The maximum atomic E-state index is 7.30. The molecule has 0 fully saturated rings. The van der Waals surface area contributed by atoms with Crippen molar-refractivity contribution in [3.63, 3.8) is 0 Å². The molecular weight excluding hydrogens is 238 g/mol. The van der Waals surface area contributed by atoms with Crippen LogP contribution < -0.4 is 10.6 Å². The molecule has 1 aromatic heterocycles. The standard InChI is InChI=1S/C14H17N5/c1-9-4-5-12(10(2)6-9)19(3)13-8-17-11(7-18-13)14(15)16/h4-8H,1-3H3,(H3,15,16). The lowest BCUT2D eigenvalue weighted by Crippen LogP contribution is -2.16. The second-order valence-electron chi connectivity index (χ2n) is 4.52. The van der Waals surface area contributed by atoms with Gasteiger partial charge in [0.15, 0.2) is 5.82 Å². The van der Waals surface area contributed by atoms with E-state index in [2.05, 4.69) is 42.0 Å². The first kappa shape index (κ1) is 13.0. The maximum absolute atomic E-state index is 7.30. The molecule has 1 aromatic carbocycles. The molecule has 0 amide bonds. The van der Waals surface area contributed by atoms with Crippen LogP contribution in [0.25, 0.3) is 0 Å². The summed E-state index contributed by atoms with van der Waals surface area (Å²) in [5.41, 5.74) is 9.23. The van der Waals surface area contributed by atoms with Crippen molar-refractivity contribution in [2.45, 2.75) is 13.8 Å². The fraction of sp³-hybridized carbons (Fsp3) is 0.214. The highest BCUT2D eigenvalue weighted by Crippen LogP contribution is 2.25. The summed E-state index contributed by atoms with van der Waals surface area (Å²) in [6.07, 6.45) is 3.13. The second kappa shape index (κ2) is 5.06. The summed E-state index contributed by atoms with van der Waals surface area (Å²) >= 11 is 0. The molecule has 5 nitrogen and oxygen atoms in total. The molecule has 0 aliphatic carbocycles. The van der Waals surface area contributed by atoms with Gasteiger partial charge in [-0.2, -0.15) is 0 Å². The smallest absolute Gasteiger partial charge is 0.151 e. The van der Waals surface area contributed by atoms with Gasteiger partial charge in [0.1, 0.15) is 11.5 Å². The number of nitrogens with one attached hydrogen (secondary N) is 1. The van der Waals surface area contributed by atoms with Crippen molar-refractivity contribution in [1.29, 1.82) is 5.41 Å². The lowest BCUT2D eigenvalue weighted by molar-refractivity contribution is 1.07. The molecule has 0 atom stereocenters. The van der Waals surface area contributed by atoms with Crippen molar-refractivity contribution >= 4 is 17.3 Å². The summed E-state index contributed by atoms with van der Waals surface area (Å²) in [6.45, 7) is 4.13. The first-order valence-electron chi connectivity index (χ1n) is 5.96. The van der Waals surface area contributed by atoms with Crippen molar-refractivity contribution in [3.05, 3.63) is 47.4 Å². The average molecular weight is 255 g/mol. The summed E-state index contributed by atoms with van der Waals surface area (Å²) in [7, 11) is 1.94. The highest BCUT2D eigenvalue weighted by Gasteiger charge is 2.09. The average Bonchev–Trinajstić information content (AvgIpc) is 2.38. The molecule has 2 aromatic rings. The number of rotatable bonds is 3. The number of nitrogens with zero attached hydrogens (tertiary/aromatic N) is 3. The molecule has 0 saturated heterocycles. The highest BCUT2D eigenvalue weighted by molar-refractivity contribution is 5.92. The molecule has 0 radical (unpaired) electrons. The van der Waals surface area contributed by atoms with E-state index in [0.717, 1.165) is 11.5 Å². The Hall–Kier alpha value is -2.43. The Balaban J connectivity index is 2.33. The van der Waals surface area contributed by atoms with E-state index in [0.29, 0.717) is 5.69 Å². The summed E-state index contributed by atoms with van der Waals surface area (Å²) < 4.78 is 0. The van der Waals surface area contributed by atoms with Crippen LogP contribution >= 0.6 is 0 Å². The monoisotopic (exact) mass is 255 g/mol. The molecule has 3 N–H and O–H groups in total. The molecule has 1 heterocycles. The first-order valence-corrected chi connectivity index (χ1v) is 5.96. The number of benzene rings is 1. The Kier molecular flexibility index (Phi) is 3.46. The summed E-state index contributed by atoms with van der Waals surface area (Å²) in [5, 5.41) is 7.30. The van der Waals surface area contributed by atoms with Crippen LogP contribution in [0.1, 0.15) is 16.8 Å². The van der Waals surface area contributed by atoms with E-state index in [9.17, 15) is 0 Å². The largest absolute Gasteiger partial charge is 0.382 e. The lowest BCUT2D eigenvalue weighted by Gasteiger charge is -2.20. The van der Waals surface area contributed by atoms with Crippen molar-refractivity contribution in [1.82, 2.24) is 9.97 Å². The van der Waals surface area contributed by atoms with Crippen LogP contribution in [0.15, 0.2) is 30.6 Å². The van der Waals surface area contributed by atoms with Gasteiger partial charge in [-0.3, -0.25) is 5.41 Å². The minimum absolute atomic E-state index is 0.0757. The summed E-state index contributed by atoms with van der Waals surface area (Å²) in [5.74, 6) is 0.644. The predicted molar refractivity (Wildman–Crippen MR) is 77.0 cm³/mol. The molecule has 0 spiro atoms. The number of hydrogen-bond acceptors (Lipinski definition) is 4. The molecule has 2 rings (SSSR count). The van der Waals surface area contributed by atoms with Gasteiger partial charge in [-0.25, -0.2) is 9.97 Å². The number of amidine groups is 1. The van der Waals surface area contributed by atoms with Crippen LogP contribution in [-0.2, 0) is 0 Å². The number of aromatic nitrogens is 2. The van der Waals surface area contributed by atoms with Crippen LogP contribution in [0.5, 0.6) is 0 Å². The van der Waals surface area contributed by atoms with Gasteiger partial charge >= 0.3 is 0 Å². The number of hydrogen-bond donors (Lipinski definition) is 2. The number of aryl methyl sites for hydroxylation is 2. The van der Waals surface area contributed by atoms with Gasteiger partial charge in [0.2, 0.25) is 0 Å².